The first-order valence-electron chi connectivity index (χ1n) is 6.71. The van der Waals surface area contributed by atoms with Gasteiger partial charge in [0, 0.05) is 27.6 Å². The lowest BCUT2D eigenvalue weighted by Gasteiger charge is -2.01. The van der Waals surface area contributed by atoms with E-state index in [2.05, 4.69) is 14.7 Å². The Balaban J connectivity index is 1.75. The zero-order valence-corrected chi connectivity index (χ0v) is 13.7. The summed E-state index contributed by atoms with van der Waals surface area (Å²) in [6.07, 6.45) is 2.01. The molecule has 0 radical (unpaired) electrons. The van der Waals surface area contributed by atoms with Gasteiger partial charge in [0.25, 0.3) is 5.91 Å². The van der Waals surface area contributed by atoms with E-state index in [4.69, 9.17) is 0 Å². The first-order valence-corrected chi connectivity index (χ1v) is 8.70. The van der Waals surface area contributed by atoms with E-state index in [9.17, 15) is 9.18 Å². The van der Waals surface area contributed by atoms with E-state index in [-0.39, 0.29) is 5.56 Å². The highest BCUT2D eigenvalue weighted by Gasteiger charge is 2.11. The van der Waals surface area contributed by atoms with Gasteiger partial charge in [-0.2, -0.15) is 9.36 Å². The van der Waals surface area contributed by atoms with Crippen LogP contribution in [0.25, 0.3) is 11.4 Å². The number of hydrogen-bond donors (Lipinski definition) is 1. The Morgan fingerprint density at radius 2 is 2.00 bits per heavy atom. The second-order valence-electron chi connectivity index (χ2n) is 4.62. The van der Waals surface area contributed by atoms with Crippen LogP contribution in [0.15, 0.2) is 53.4 Å². The highest BCUT2D eigenvalue weighted by molar-refractivity contribution is 7.98. The first-order chi connectivity index (χ1) is 11.2. The number of carbonyl (C=O) groups excluding carboxylic acids is 1. The van der Waals surface area contributed by atoms with Gasteiger partial charge in [-0.15, -0.1) is 11.8 Å². The molecule has 23 heavy (non-hydrogen) atoms. The number of halogens is 1. The maximum absolute atomic E-state index is 13.1. The van der Waals surface area contributed by atoms with Crippen molar-refractivity contribution in [3.05, 3.63) is 59.9 Å². The van der Waals surface area contributed by atoms with Crippen molar-refractivity contribution in [1.29, 1.82) is 0 Å². The Labute approximate surface area is 140 Å². The SMILES string of the molecule is CSc1ccc(-c2nsc(NC(=O)c3cccc(F)c3)n2)cc1. The standard InChI is InChI=1S/C16H12FN3OS2/c1-22-13-7-5-10(6-8-13)14-18-16(23-20-14)19-15(21)11-3-2-4-12(17)9-11/h2-9H,1H3,(H,18,19,20,21). The zero-order chi connectivity index (χ0) is 16.2. The van der Waals surface area contributed by atoms with Gasteiger partial charge in [0.2, 0.25) is 5.13 Å². The Bertz CT molecular complexity index is 833. The molecule has 0 saturated carbocycles. The van der Waals surface area contributed by atoms with E-state index < -0.39 is 11.7 Å². The van der Waals surface area contributed by atoms with Gasteiger partial charge in [-0.25, -0.2) is 4.39 Å². The highest BCUT2D eigenvalue weighted by Crippen LogP contribution is 2.24. The molecule has 3 aromatic rings. The number of anilines is 1. The van der Waals surface area contributed by atoms with E-state index in [0.29, 0.717) is 11.0 Å². The fraction of sp³-hybridized carbons (Fsp3) is 0.0625. The number of amides is 1. The molecule has 3 rings (SSSR count). The molecule has 4 nitrogen and oxygen atoms in total. The van der Waals surface area contributed by atoms with E-state index in [0.717, 1.165) is 22.0 Å². The van der Waals surface area contributed by atoms with E-state index >= 15 is 0 Å². The van der Waals surface area contributed by atoms with Crippen LogP contribution in [0.3, 0.4) is 0 Å². The quantitative estimate of drug-likeness (QED) is 0.716. The molecule has 0 aliphatic rings. The number of aromatic nitrogens is 2. The molecule has 0 bridgehead atoms. The maximum atomic E-state index is 13.1. The summed E-state index contributed by atoms with van der Waals surface area (Å²) in [5, 5.41) is 3.01. The fourth-order valence-corrected chi connectivity index (χ4v) is 2.92. The lowest BCUT2D eigenvalue weighted by Crippen LogP contribution is -2.11. The molecule has 0 aliphatic carbocycles. The van der Waals surface area contributed by atoms with Crippen molar-refractivity contribution in [2.45, 2.75) is 4.90 Å². The van der Waals surface area contributed by atoms with Gasteiger partial charge in [-0.3, -0.25) is 10.1 Å². The van der Waals surface area contributed by atoms with Gasteiger partial charge in [0.1, 0.15) is 5.82 Å². The fourth-order valence-electron chi connectivity index (χ4n) is 1.93. The maximum Gasteiger partial charge on any atom is 0.257 e. The van der Waals surface area contributed by atoms with Crippen LogP contribution >= 0.6 is 23.3 Å². The predicted octanol–water partition coefficient (Wildman–Crippen LogP) is 4.32. The molecule has 116 valence electrons. The van der Waals surface area contributed by atoms with E-state index in [1.807, 2.05) is 30.5 Å². The Kier molecular flexibility index (Phi) is 4.68. The molecule has 2 aromatic carbocycles. The third kappa shape index (κ3) is 3.75. The second kappa shape index (κ2) is 6.89. The van der Waals surface area contributed by atoms with Crippen LogP contribution in [-0.4, -0.2) is 21.5 Å². The minimum atomic E-state index is -0.454. The van der Waals surface area contributed by atoms with Crippen molar-refractivity contribution in [3.63, 3.8) is 0 Å². The second-order valence-corrected chi connectivity index (χ2v) is 6.25. The van der Waals surface area contributed by atoms with Crippen molar-refractivity contribution in [2.75, 3.05) is 11.6 Å². The minimum Gasteiger partial charge on any atom is -0.297 e. The predicted molar refractivity (Wildman–Crippen MR) is 91.5 cm³/mol. The van der Waals surface area contributed by atoms with Crippen LogP contribution in [0, 0.1) is 5.82 Å². The molecule has 1 heterocycles. The summed E-state index contributed by atoms with van der Waals surface area (Å²) in [6.45, 7) is 0. The normalized spacial score (nSPS) is 10.5. The third-order valence-electron chi connectivity index (χ3n) is 3.08. The number of nitrogens with zero attached hydrogens (tertiary/aromatic N) is 2. The number of benzene rings is 2. The largest absolute Gasteiger partial charge is 0.297 e. The molecule has 0 unspecified atom stereocenters. The van der Waals surface area contributed by atoms with Gasteiger partial charge in [-0.05, 0) is 36.6 Å². The summed E-state index contributed by atoms with van der Waals surface area (Å²) in [5.41, 5.74) is 1.12. The topological polar surface area (TPSA) is 54.9 Å². The summed E-state index contributed by atoms with van der Waals surface area (Å²) in [6, 6.07) is 13.4. The summed E-state index contributed by atoms with van der Waals surface area (Å²) in [4.78, 5) is 17.5. The molecule has 1 amide bonds. The zero-order valence-electron chi connectivity index (χ0n) is 12.1. The highest BCUT2D eigenvalue weighted by atomic mass is 32.2. The van der Waals surface area contributed by atoms with E-state index in [1.54, 1.807) is 17.8 Å². The molecule has 1 N–H and O–H groups in total. The van der Waals surface area contributed by atoms with Crippen molar-refractivity contribution < 1.29 is 9.18 Å². The average Bonchev–Trinajstić information content (AvgIpc) is 3.03. The average molecular weight is 345 g/mol. The number of hydrogen-bond acceptors (Lipinski definition) is 5. The van der Waals surface area contributed by atoms with Crippen molar-refractivity contribution in [3.8, 4) is 11.4 Å². The van der Waals surface area contributed by atoms with Gasteiger partial charge >= 0.3 is 0 Å². The number of carbonyl (C=O) groups is 1. The Morgan fingerprint density at radius 3 is 2.70 bits per heavy atom. The van der Waals surface area contributed by atoms with Crippen LogP contribution in [-0.2, 0) is 0 Å². The van der Waals surface area contributed by atoms with Gasteiger partial charge in [-0.1, -0.05) is 18.2 Å². The molecule has 7 heteroatoms. The van der Waals surface area contributed by atoms with Crippen molar-refractivity contribution in [1.82, 2.24) is 9.36 Å². The Hall–Kier alpha value is -2.25. The lowest BCUT2D eigenvalue weighted by molar-refractivity contribution is 0.102. The van der Waals surface area contributed by atoms with Crippen LogP contribution in [0.4, 0.5) is 9.52 Å². The van der Waals surface area contributed by atoms with Crippen LogP contribution < -0.4 is 5.32 Å². The number of nitrogens with one attached hydrogen (secondary N) is 1. The van der Waals surface area contributed by atoms with Gasteiger partial charge in [0.15, 0.2) is 5.82 Å². The Morgan fingerprint density at radius 1 is 1.22 bits per heavy atom. The lowest BCUT2D eigenvalue weighted by atomic mass is 10.2. The summed E-state index contributed by atoms with van der Waals surface area (Å²) >= 11 is 2.75. The van der Waals surface area contributed by atoms with Crippen molar-refractivity contribution >= 4 is 34.3 Å². The molecular formula is C16H12FN3OS2. The molecule has 0 spiro atoms. The molecule has 0 fully saturated rings. The summed E-state index contributed by atoms with van der Waals surface area (Å²) < 4.78 is 17.4. The molecule has 1 aromatic heterocycles. The first kappa shape index (κ1) is 15.6. The molecular weight excluding hydrogens is 333 g/mol. The van der Waals surface area contributed by atoms with Gasteiger partial charge < -0.3 is 0 Å². The minimum absolute atomic E-state index is 0.242. The van der Waals surface area contributed by atoms with Crippen LogP contribution in [0.5, 0.6) is 0 Å². The monoisotopic (exact) mass is 345 g/mol. The summed E-state index contributed by atoms with van der Waals surface area (Å²) in [7, 11) is 0. The summed E-state index contributed by atoms with van der Waals surface area (Å²) in [5.74, 6) is -0.313. The molecule has 0 aliphatic heterocycles. The third-order valence-corrected chi connectivity index (χ3v) is 4.46. The van der Waals surface area contributed by atoms with E-state index in [1.165, 1.54) is 18.2 Å². The van der Waals surface area contributed by atoms with Gasteiger partial charge in [0.05, 0.1) is 0 Å². The van der Waals surface area contributed by atoms with Crippen molar-refractivity contribution in [2.24, 2.45) is 0 Å². The smallest absolute Gasteiger partial charge is 0.257 e. The molecule has 0 saturated heterocycles. The van der Waals surface area contributed by atoms with Crippen LogP contribution in [0.2, 0.25) is 0 Å². The van der Waals surface area contributed by atoms with Crippen LogP contribution in [0.1, 0.15) is 10.4 Å². The number of rotatable bonds is 4. The number of thioether (sulfide) groups is 1. The molecule has 0 atom stereocenters.